The molecule has 0 saturated carbocycles. The molecule has 0 unspecified atom stereocenters. The van der Waals surface area contributed by atoms with E-state index in [1.165, 1.54) is 22.9 Å². The van der Waals surface area contributed by atoms with Crippen molar-refractivity contribution in [3.05, 3.63) is 54.1 Å². The number of carboxylic acids is 1. The smallest absolute Gasteiger partial charge is 0.387 e. The Morgan fingerprint density at radius 2 is 2.03 bits per heavy atom. The second-order valence-electron chi connectivity index (χ2n) is 9.43. The molecule has 0 aliphatic carbocycles. The number of carboxylic acid groups (broad SMARTS) is 1. The van der Waals surface area contributed by atoms with E-state index in [0.29, 0.717) is 43.0 Å². The molecule has 1 fully saturated rings. The van der Waals surface area contributed by atoms with Crippen LogP contribution in [0.1, 0.15) is 19.8 Å². The van der Waals surface area contributed by atoms with Crippen molar-refractivity contribution in [3.63, 3.8) is 0 Å². The Kier molecular flexibility index (Phi) is 7.08. The number of amides is 1. The normalized spacial score (nSPS) is 15.1. The number of aromatic nitrogens is 5. The number of benzene rings is 1. The van der Waals surface area contributed by atoms with E-state index in [9.17, 15) is 23.5 Å². The Labute approximate surface area is 225 Å². The Hall–Kier alpha value is -4.26. The summed E-state index contributed by atoms with van der Waals surface area (Å²) in [6, 6.07) is 5.91. The van der Waals surface area contributed by atoms with Crippen molar-refractivity contribution in [1.82, 2.24) is 29.3 Å². The van der Waals surface area contributed by atoms with Crippen LogP contribution in [0.5, 0.6) is 5.75 Å². The Morgan fingerprint density at radius 1 is 1.26 bits per heavy atom. The van der Waals surface area contributed by atoms with Crippen LogP contribution in [0.15, 0.2) is 49.1 Å². The largest absolute Gasteiger partial charge is 0.481 e. The molecular weight excluding hydrogens is 536 g/mol. The number of anilines is 2. The third kappa shape index (κ3) is 5.48. The lowest BCUT2D eigenvalue weighted by Gasteiger charge is -2.36. The number of nitrogens with one attached hydrogen (secondary N) is 1. The number of piperidine rings is 1. The number of hydrogen-bond acceptors (Lipinski definition) is 7. The zero-order valence-corrected chi connectivity index (χ0v) is 21.5. The highest BCUT2D eigenvalue weighted by Crippen LogP contribution is 2.38. The number of halogens is 3. The topological polar surface area (TPSA) is 127 Å². The summed E-state index contributed by atoms with van der Waals surface area (Å²) >= 11 is 6.19. The second kappa shape index (κ2) is 10.5. The van der Waals surface area contributed by atoms with Crippen LogP contribution in [-0.2, 0) is 16.1 Å². The molecule has 1 aliphatic heterocycles. The van der Waals surface area contributed by atoms with Gasteiger partial charge in [0.1, 0.15) is 23.7 Å². The monoisotopic (exact) mass is 559 g/mol. The first-order chi connectivity index (χ1) is 18.6. The molecule has 14 heteroatoms. The summed E-state index contributed by atoms with van der Waals surface area (Å²) in [6.07, 6.45) is 7.11. The van der Waals surface area contributed by atoms with Crippen LogP contribution in [0.3, 0.4) is 0 Å². The molecule has 2 N–H and O–H groups in total. The SMILES string of the molecule is CC1(C(=O)O)CCN(C(=O)Cn2cc(Nc3cnn4cccnc34)c(-c3cc(Cl)ccc3OC(F)F)n2)CC1. The first-order valence-corrected chi connectivity index (χ1v) is 12.4. The van der Waals surface area contributed by atoms with Gasteiger partial charge in [0.15, 0.2) is 5.65 Å². The second-order valence-corrected chi connectivity index (χ2v) is 9.86. The molecule has 5 rings (SSSR count). The van der Waals surface area contributed by atoms with Crippen molar-refractivity contribution in [1.29, 1.82) is 0 Å². The summed E-state index contributed by atoms with van der Waals surface area (Å²) < 4.78 is 34.0. The Balaban J connectivity index is 1.47. The van der Waals surface area contributed by atoms with E-state index in [-0.39, 0.29) is 34.5 Å². The maximum absolute atomic E-state index is 13.2. The third-order valence-corrected chi connectivity index (χ3v) is 6.99. The summed E-state index contributed by atoms with van der Waals surface area (Å²) in [4.78, 5) is 30.6. The van der Waals surface area contributed by atoms with Gasteiger partial charge in [-0.3, -0.25) is 14.3 Å². The first-order valence-electron chi connectivity index (χ1n) is 12.0. The van der Waals surface area contributed by atoms with E-state index in [4.69, 9.17) is 16.3 Å². The highest BCUT2D eigenvalue weighted by atomic mass is 35.5. The van der Waals surface area contributed by atoms with Crippen LogP contribution >= 0.6 is 11.6 Å². The van der Waals surface area contributed by atoms with Crippen molar-refractivity contribution in [2.45, 2.75) is 32.9 Å². The molecule has 3 aromatic heterocycles. The van der Waals surface area contributed by atoms with Crippen LogP contribution in [0.2, 0.25) is 5.02 Å². The summed E-state index contributed by atoms with van der Waals surface area (Å²) in [5.41, 5.74) is 0.941. The van der Waals surface area contributed by atoms with Crippen molar-refractivity contribution < 1.29 is 28.2 Å². The quantitative estimate of drug-likeness (QED) is 0.327. The number of aliphatic carboxylic acids is 1. The molecule has 11 nitrogen and oxygen atoms in total. The van der Waals surface area contributed by atoms with Gasteiger partial charge in [-0.2, -0.15) is 19.0 Å². The molecule has 1 aliphatic rings. The van der Waals surface area contributed by atoms with E-state index in [1.807, 2.05) is 0 Å². The van der Waals surface area contributed by atoms with Gasteiger partial charge in [0, 0.05) is 42.3 Å². The van der Waals surface area contributed by atoms with Crippen LogP contribution in [0, 0.1) is 5.41 Å². The number of ether oxygens (including phenoxy) is 1. The van der Waals surface area contributed by atoms with Gasteiger partial charge in [0.05, 0.1) is 17.3 Å². The lowest BCUT2D eigenvalue weighted by molar-refractivity contribution is -0.153. The molecule has 39 heavy (non-hydrogen) atoms. The minimum atomic E-state index is -3.08. The highest BCUT2D eigenvalue weighted by molar-refractivity contribution is 6.31. The number of nitrogens with zero attached hydrogens (tertiary/aromatic N) is 6. The molecule has 1 saturated heterocycles. The minimum Gasteiger partial charge on any atom is -0.481 e. The predicted molar refractivity (Wildman–Crippen MR) is 137 cm³/mol. The zero-order chi connectivity index (χ0) is 27.7. The standard InChI is InChI=1S/C25H24ClF2N7O4/c1-25(23(37)38)5-9-33(10-6-25)20(36)14-34-13-18(31-17-12-30-35-8-2-7-29-22(17)35)21(32-34)16-11-15(26)3-4-19(16)39-24(27)28/h2-4,7-8,11-13,24,31H,5-6,9-10,14H2,1H3,(H,37,38). The van der Waals surface area contributed by atoms with Crippen molar-refractivity contribution in [2.75, 3.05) is 18.4 Å². The molecule has 4 aromatic rings. The van der Waals surface area contributed by atoms with E-state index in [2.05, 4.69) is 20.5 Å². The average Bonchev–Trinajstić information content (AvgIpc) is 3.49. The zero-order valence-electron chi connectivity index (χ0n) is 20.7. The van der Waals surface area contributed by atoms with Gasteiger partial charge < -0.3 is 20.1 Å². The number of fused-ring (bicyclic) bond motifs is 1. The Bertz CT molecular complexity index is 1530. The summed E-state index contributed by atoms with van der Waals surface area (Å²) in [7, 11) is 0. The van der Waals surface area contributed by atoms with E-state index < -0.39 is 18.0 Å². The molecule has 4 heterocycles. The lowest BCUT2D eigenvalue weighted by Crippen LogP contribution is -2.46. The van der Waals surface area contributed by atoms with Crippen molar-refractivity contribution >= 4 is 40.5 Å². The summed E-state index contributed by atoms with van der Waals surface area (Å²) in [5.74, 6) is -1.28. The van der Waals surface area contributed by atoms with Gasteiger partial charge in [-0.05, 0) is 44.0 Å². The van der Waals surface area contributed by atoms with Crippen molar-refractivity contribution in [3.8, 4) is 17.0 Å². The van der Waals surface area contributed by atoms with Crippen molar-refractivity contribution in [2.24, 2.45) is 5.41 Å². The fourth-order valence-electron chi connectivity index (χ4n) is 4.44. The van der Waals surface area contributed by atoms with Crippen LogP contribution in [0.25, 0.3) is 16.9 Å². The van der Waals surface area contributed by atoms with E-state index in [0.717, 1.165) is 0 Å². The van der Waals surface area contributed by atoms with E-state index in [1.54, 1.807) is 47.2 Å². The minimum absolute atomic E-state index is 0.143. The molecule has 0 spiro atoms. The van der Waals surface area contributed by atoms with Crippen LogP contribution < -0.4 is 10.1 Å². The van der Waals surface area contributed by atoms with Gasteiger partial charge >= 0.3 is 12.6 Å². The maximum atomic E-state index is 13.2. The number of alkyl halides is 2. The molecule has 1 amide bonds. The van der Waals surface area contributed by atoms with Crippen LogP contribution in [0.4, 0.5) is 20.2 Å². The molecule has 0 bridgehead atoms. The average molecular weight is 560 g/mol. The Morgan fingerprint density at radius 3 is 2.74 bits per heavy atom. The van der Waals surface area contributed by atoms with Gasteiger partial charge in [-0.25, -0.2) is 9.50 Å². The van der Waals surface area contributed by atoms with Gasteiger partial charge in [0.25, 0.3) is 0 Å². The number of rotatable bonds is 8. The number of carbonyl (C=O) groups is 2. The van der Waals surface area contributed by atoms with E-state index >= 15 is 0 Å². The summed E-state index contributed by atoms with van der Waals surface area (Å²) in [5, 5.41) is 21.7. The third-order valence-electron chi connectivity index (χ3n) is 6.76. The number of carbonyl (C=O) groups excluding carboxylic acids is 1. The molecule has 204 valence electrons. The van der Waals surface area contributed by atoms with Gasteiger partial charge in [-0.15, -0.1) is 0 Å². The molecule has 0 atom stereocenters. The summed E-state index contributed by atoms with van der Waals surface area (Å²) in [6.45, 7) is -0.958. The van der Waals surface area contributed by atoms with Gasteiger partial charge in [0.2, 0.25) is 5.91 Å². The molecular formula is C25H24ClF2N7O4. The maximum Gasteiger partial charge on any atom is 0.387 e. The highest BCUT2D eigenvalue weighted by Gasteiger charge is 2.38. The lowest BCUT2D eigenvalue weighted by atomic mass is 9.80. The number of hydrogen-bond donors (Lipinski definition) is 2. The molecule has 0 radical (unpaired) electrons. The fourth-order valence-corrected chi connectivity index (χ4v) is 4.61. The predicted octanol–water partition coefficient (Wildman–Crippen LogP) is 4.30. The first kappa shape index (κ1) is 26.4. The van der Waals surface area contributed by atoms with Crippen LogP contribution in [-0.4, -0.2) is 66.0 Å². The fraction of sp³-hybridized carbons (Fsp3) is 0.320. The number of likely N-dealkylation sites (tertiary alicyclic amines) is 1. The molecule has 1 aromatic carbocycles. The van der Waals surface area contributed by atoms with Gasteiger partial charge in [-0.1, -0.05) is 11.6 Å².